The lowest BCUT2D eigenvalue weighted by Gasteiger charge is -2.09. The molecule has 1 heterocycles. The number of allylic oxidation sites excluding steroid dienone is 2. The van der Waals surface area contributed by atoms with Gasteiger partial charge in [-0.15, -0.1) is 13.2 Å². The maximum atomic E-state index is 12.9. The highest BCUT2D eigenvalue weighted by Gasteiger charge is 2.15. The SMILES string of the molecule is C=CCCCC(=O)Nc1ccc(C(=O)Oc2ccc(CNC(=O)c3cccc(C(=O)NCc4ccc(OC(=O)c5ccc(NC(=O)CCCC=C)cc5)cc4)n3)cc2)cc1. The van der Waals surface area contributed by atoms with Crippen molar-refractivity contribution in [1.82, 2.24) is 15.6 Å². The Morgan fingerprint density at radius 2 is 0.900 bits per heavy atom. The molecule has 0 aliphatic carbocycles. The quantitative estimate of drug-likeness (QED) is 0.0262. The lowest BCUT2D eigenvalue weighted by molar-refractivity contribution is -0.117. The smallest absolute Gasteiger partial charge is 0.343 e. The van der Waals surface area contributed by atoms with E-state index in [1.165, 1.54) is 12.1 Å². The first-order valence-electron chi connectivity index (χ1n) is 19.3. The van der Waals surface area contributed by atoms with E-state index in [2.05, 4.69) is 39.4 Å². The molecule has 13 heteroatoms. The van der Waals surface area contributed by atoms with Crippen molar-refractivity contribution < 1.29 is 38.2 Å². The molecule has 0 spiro atoms. The van der Waals surface area contributed by atoms with Crippen molar-refractivity contribution in [2.24, 2.45) is 0 Å². The van der Waals surface area contributed by atoms with Crippen LogP contribution in [0.1, 0.15) is 91.3 Å². The van der Waals surface area contributed by atoms with Crippen LogP contribution in [0, 0.1) is 0 Å². The number of carbonyl (C=O) groups is 6. The molecule has 0 saturated heterocycles. The molecule has 4 aromatic carbocycles. The molecule has 0 unspecified atom stereocenters. The average molecular weight is 808 g/mol. The summed E-state index contributed by atoms with van der Waals surface area (Å²) in [5.74, 6) is -1.71. The second-order valence-electron chi connectivity index (χ2n) is 13.5. The van der Waals surface area contributed by atoms with Crippen LogP contribution in [0.5, 0.6) is 11.5 Å². The third-order valence-corrected chi connectivity index (χ3v) is 8.82. The molecular formula is C47H45N5O8. The van der Waals surface area contributed by atoms with E-state index >= 15 is 0 Å². The number of ether oxygens (including phenoxy) is 2. The summed E-state index contributed by atoms with van der Waals surface area (Å²) in [6.45, 7) is 7.60. The van der Waals surface area contributed by atoms with Crippen molar-refractivity contribution in [2.75, 3.05) is 10.6 Å². The minimum atomic E-state index is -0.564. The van der Waals surface area contributed by atoms with Gasteiger partial charge in [0.15, 0.2) is 0 Å². The molecule has 306 valence electrons. The number of nitrogens with zero attached hydrogens (tertiary/aromatic N) is 1. The molecule has 60 heavy (non-hydrogen) atoms. The summed E-state index contributed by atoms with van der Waals surface area (Å²) in [4.78, 5) is 79.5. The van der Waals surface area contributed by atoms with Gasteiger partial charge in [0, 0.05) is 37.3 Å². The van der Waals surface area contributed by atoms with Crippen molar-refractivity contribution in [3.63, 3.8) is 0 Å². The first kappa shape index (κ1) is 43.5. The molecule has 5 aromatic rings. The van der Waals surface area contributed by atoms with Crippen molar-refractivity contribution in [3.8, 4) is 11.5 Å². The largest absolute Gasteiger partial charge is 0.423 e. The monoisotopic (exact) mass is 807 g/mol. The zero-order valence-electron chi connectivity index (χ0n) is 32.9. The number of rotatable bonds is 20. The van der Waals surface area contributed by atoms with Crippen LogP contribution >= 0.6 is 0 Å². The van der Waals surface area contributed by atoms with Gasteiger partial charge in [-0.25, -0.2) is 14.6 Å². The van der Waals surface area contributed by atoms with Crippen LogP contribution in [0.25, 0.3) is 0 Å². The highest BCUT2D eigenvalue weighted by atomic mass is 16.5. The van der Waals surface area contributed by atoms with E-state index in [-0.39, 0.29) is 36.3 Å². The van der Waals surface area contributed by atoms with Gasteiger partial charge in [-0.2, -0.15) is 0 Å². The third kappa shape index (κ3) is 13.8. The Bertz CT molecular complexity index is 2150. The second kappa shape index (κ2) is 22.3. The zero-order valence-corrected chi connectivity index (χ0v) is 32.9. The predicted molar refractivity (Wildman–Crippen MR) is 228 cm³/mol. The summed E-state index contributed by atoms with van der Waals surface area (Å²) in [5, 5.41) is 11.1. The summed E-state index contributed by atoms with van der Waals surface area (Å²) in [6, 6.07) is 30.6. The molecule has 4 amide bonds. The number of amides is 4. The molecule has 4 N–H and O–H groups in total. The Hall–Kier alpha value is -7.67. The van der Waals surface area contributed by atoms with Crippen LogP contribution in [-0.4, -0.2) is 40.6 Å². The second-order valence-corrected chi connectivity index (χ2v) is 13.5. The van der Waals surface area contributed by atoms with Gasteiger partial charge in [-0.3, -0.25) is 19.2 Å². The Labute approximate surface area is 347 Å². The summed E-state index contributed by atoms with van der Waals surface area (Å²) in [6.07, 6.45) is 7.23. The summed E-state index contributed by atoms with van der Waals surface area (Å²) in [5.41, 5.74) is 3.35. The fourth-order valence-electron chi connectivity index (χ4n) is 5.56. The summed E-state index contributed by atoms with van der Waals surface area (Å²) < 4.78 is 11.0. The number of hydrogen-bond acceptors (Lipinski definition) is 9. The maximum Gasteiger partial charge on any atom is 0.343 e. The minimum Gasteiger partial charge on any atom is -0.423 e. The Kier molecular flexibility index (Phi) is 16.2. The predicted octanol–water partition coefficient (Wildman–Crippen LogP) is 7.97. The van der Waals surface area contributed by atoms with Crippen molar-refractivity contribution in [3.05, 3.63) is 174 Å². The van der Waals surface area contributed by atoms with Crippen LogP contribution in [0.3, 0.4) is 0 Å². The zero-order chi connectivity index (χ0) is 42.7. The summed E-state index contributed by atoms with van der Waals surface area (Å²) in [7, 11) is 0. The number of carbonyl (C=O) groups excluding carboxylic acids is 6. The topological polar surface area (TPSA) is 182 Å². The first-order chi connectivity index (χ1) is 29.1. The van der Waals surface area contributed by atoms with Gasteiger partial charge in [0.05, 0.1) is 11.1 Å². The standard InChI is InChI=1S/C47H45N5O8/c1-3-5-7-12-42(53)50-36-22-18-34(19-23-36)46(57)59-38-26-14-32(15-27-38)30-48-44(55)40-10-9-11-41(52-40)45(56)49-31-33-16-28-39(29-17-33)60-47(58)35-20-24-37(25-21-35)51-43(54)13-8-6-4-2/h3-4,9-11,14-29H,1-2,5-8,12-13,30-31H2,(H,48,55)(H,49,56)(H,50,53)(H,51,54). The Balaban J connectivity index is 1.03. The van der Waals surface area contributed by atoms with Crippen molar-refractivity contribution in [1.29, 1.82) is 0 Å². The van der Waals surface area contributed by atoms with Crippen molar-refractivity contribution >= 4 is 46.9 Å². The van der Waals surface area contributed by atoms with Gasteiger partial charge in [0.2, 0.25) is 11.8 Å². The number of pyridine rings is 1. The normalized spacial score (nSPS) is 10.4. The van der Waals surface area contributed by atoms with Gasteiger partial charge in [-0.1, -0.05) is 42.5 Å². The van der Waals surface area contributed by atoms with E-state index in [1.54, 1.807) is 115 Å². The van der Waals surface area contributed by atoms with Crippen LogP contribution in [0.15, 0.2) is 141 Å². The molecule has 0 saturated carbocycles. The highest BCUT2D eigenvalue weighted by molar-refractivity contribution is 5.97. The number of benzene rings is 4. The fraction of sp³-hybridized carbons (Fsp3) is 0.170. The van der Waals surface area contributed by atoms with E-state index in [0.29, 0.717) is 59.7 Å². The number of anilines is 2. The van der Waals surface area contributed by atoms with Crippen LogP contribution < -0.4 is 30.7 Å². The highest BCUT2D eigenvalue weighted by Crippen LogP contribution is 2.19. The molecule has 1 aromatic heterocycles. The molecule has 0 aliphatic rings. The molecule has 0 bridgehead atoms. The molecule has 5 rings (SSSR count). The lowest BCUT2D eigenvalue weighted by atomic mass is 10.2. The third-order valence-electron chi connectivity index (χ3n) is 8.82. The van der Waals surface area contributed by atoms with Crippen LogP contribution in [0.4, 0.5) is 11.4 Å². The molecule has 0 atom stereocenters. The number of unbranched alkanes of at least 4 members (excludes halogenated alkanes) is 2. The van der Waals surface area contributed by atoms with Gasteiger partial charge in [0.25, 0.3) is 11.8 Å². The van der Waals surface area contributed by atoms with E-state index in [4.69, 9.17) is 9.47 Å². The number of esters is 2. The molecular weight excluding hydrogens is 763 g/mol. The molecule has 0 aliphatic heterocycles. The Morgan fingerprint density at radius 3 is 1.27 bits per heavy atom. The number of hydrogen-bond donors (Lipinski definition) is 4. The van der Waals surface area contributed by atoms with Crippen LogP contribution in [-0.2, 0) is 22.7 Å². The number of aromatic nitrogens is 1. The van der Waals surface area contributed by atoms with Crippen molar-refractivity contribution in [2.45, 2.75) is 51.6 Å². The maximum absolute atomic E-state index is 12.9. The molecule has 13 nitrogen and oxygen atoms in total. The van der Waals surface area contributed by atoms with Gasteiger partial charge in [0.1, 0.15) is 22.9 Å². The first-order valence-corrected chi connectivity index (χ1v) is 19.3. The van der Waals surface area contributed by atoms with E-state index in [1.807, 2.05) is 0 Å². The fourth-order valence-corrected chi connectivity index (χ4v) is 5.56. The van der Waals surface area contributed by atoms with Gasteiger partial charge < -0.3 is 30.7 Å². The molecule has 0 radical (unpaired) electrons. The summed E-state index contributed by atoms with van der Waals surface area (Å²) >= 11 is 0. The number of nitrogens with one attached hydrogen (secondary N) is 4. The molecule has 0 fully saturated rings. The van der Waals surface area contributed by atoms with E-state index < -0.39 is 23.8 Å². The Morgan fingerprint density at radius 1 is 0.517 bits per heavy atom. The van der Waals surface area contributed by atoms with E-state index in [0.717, 1.165) is 24.0 Å². The van der Waals surface area contributed by atoms with E-state index in [9.17, 15) is 28.8 Å². The van der Waals surface area contributed by atoms with Gasteiger partial charge in [-0.05, 0) is 122 Å². The average Bonchev–Trinajstić information content (AvgIpc) is 3.26. The lowest BCUT2D eigenvalue weighted by Crippen LogP contribution is -2.27. The minimum absolute atomic E-state index is 0.0521. The van der Waals surface area contributed by atoms with Crippen LogP contribution in [0.2, 0.25) is 0 Å². The van der Waals surface area contributed by atoms with Gasteiger partial charge >= 0.3 is 11.9 Å².